The van der Waals surface area contributed by atoms with Gasteiger partial charge in [-0.05, 0) is 30.5 Å². The second kappa shape index (κ2) is 5.05. The molecule has 0 spiro atoms. The van der Waals surface area contributed by atoms with Crippen LogP contribution in [0.3, 0.4) is 0 Å². The van der Waals surface area contributed by atoms with Crippen molar-refractivity contribution in [1.82, 2.24) is 0 Å². The van der Waals surface area contributed by atoms with Crippen molar-refractivity contribution in [3.05, 3.63) is 64.7 Å². The Morgan fingerprint density at radius 3 is 2.22 bits per heavy atom. The maximum Gasteiger partial charge on any atom is 0.193 e. The monoisotopic (exact) mass is 239 g/mol. The lowest BCUT2D eigenvalue weighted by Crippen LogP contribution is -2.03. The number of carbonyl (C=O) groups excluding carboxylic acids is 1. The summed E-state index contributed by atoms with van der Waals surface area (Å²) in [5.41, 5.74) is 10.1. The molecule has 0 bridgehead atoms. The maximum absolute atomic E-state index is 12.3. The average Bonchev–Trinajstić information content (AvgIpc) is 2.41. The van der Waals surface area contributed by atoms with Crippen molar-refractivity contribution in [3.63, 3.8) is 0 Å². The highest BCUT2D eigenvalue weighted by molar-refractivity contribution is 6.09. The number of nitrogens with two attached hydrogens (primary N) is 1. The molecule has 18 heavy (non-hydrogen) atoms. The summed E-state index contributed by atoms with van der Waals surface area (Å²) in [5.74, 6) is 0.0179. The minimum Gasteiger partial charge on any atom is -0.398 e. The molecule has 2 aromatic carbocycles. The fraction of sp³-hybridized carbons (Fsp3) is 0.188. The molecule has 0 heterocycles. The quantitative estimate of drug-likeness (QED) is 0.659. The molecule has 0 atom stereocenters. The summed E-state index contributed by atoms with van der Waals surface area (Å²) >= 11 is 0. The van der Waals surface area contributed by atoms with Crippen LogP contribution in [0.25, 0.3) is 0 Å². The molecule has 0 aliphatic carbocycles. The van der Waals surface area contributed by atoms with E-state index in [1.165, 1.54) is 5.56 Å². The summed E-state index contributed by atoms with van der Waals surface area (Å²) in [6.45, 7) is 4.02. The number of ketones is 1. The molecule has 2 rings (SSSR count). The second-order valence-corrected chi connectivity index (χ2v) is 4.45. The van der Waals surface area contributed by atoms with Crippen LogP contribution >= 0.6 is 0 Å². The fourth-order valence-corrected chi connectivity index (χ4v) is 1.84. The van der Waals surface area contributed by atoms with E-state index >= 15 is 0 Å². The Bertz CT molecular complexity index is 570. The van der Waals surface area contributed by atoms with Gasteiger partial charge in [-0.15, -0.1) is 0 Å². The van der Waals surface area contributed by atoms with E-state index in [9.17, 15) is 4.79 Å². The number of aryl methyl sites for hydroxylation is 2. The van der Waals surface area contributed by atoms with E-state index < -0.39 is 0 Å². The van der Waals surface area contributed by atoms with E-state index in [-0.39, 0.29) is 5.78 Å². The zero-order chi connectivity index (χ0) is 13.1. The lowest BCUT2D eigenvalue weighted by Gasteiger charge is -2.05. The van der Waals surface area contributed by atoms with Gasteiger partial charge in [-0.2, -0.15) is 0 Å². The van der Waals surface area contributed by atoms with Crippen LogP contribution in [-0.2, 0) is 6.42 Å². The standard InChI is InChI=1S/C16H17NO/c1-3-12-5-8-13(9-6-12)16(18)14-7-4-11(2)15(17)10-14/h4-10H,3,17H2,1-2H3. The van der Waals surface area contributed by atoms with Crippen molar-refractivity contribution < 1.29 is 4.79 Å². The Kier molecular flexibility index (Phi) is 3.47. The molecule has 92 valence electrons. The highest BCUT2D eigenvalue weighted by Crippen LogP contribution is 2.17. The number of carbonyl (C=O) groups is 1. The minimum atomic E-state index is 0.0179. The Morgan fingerprint density at radius 1 is 1.06 bits per heavy atom. The highest BCUT2D eigenvalue weighted by atomic mass is 16.1. The third-order valence-electron chi connectivity index (χ3n) is 3.17. The number of hydrogen-bond donors (Lipinski definition) is 1. The molecule has 0 radical (unpaired) electrons. The first-order valence-corrected chi connectivity index (χ1v) is 6.11. The number of hydrogen-bond acceptors (Lipinski definition) is 2. The molecule has 0 aliphatic rings. The van der Waals surface area contributed by atoms with Crippen LogP contribution in [0.5, 0.6) is 0 Å². The molecule has 0 amide bonds. The SMILES string of the molecule is CCc1ccc(C(=O)c2ccc(C)c(N)c2)cc1. The predicted octanol–water partition coefficient (Wildman–Crippen LogP) is 3.37. The molecular weight excluding hydrogens is 222 g/mol. The van der Waals surface area contributed by atoms with Crippen LogP contribution in [-0.4, -0.2) is 5.78 Å². The smallest absolute Gasteiger partial charge is 0.193 e. The molecule has 0 saturated heterocycles. The largest absolute Gasteiger partial charge is 0.398 e. The third-order valence-corrected chi connectivity index (χ3v) is 3.17. The predicted molar refractivity (Wildman–Crippen MR) is 74.8 cm³/mol. The van der Waals surface area contributed by atoms with Crippen molar-refractivity contribution in [2.45, 2.75) is 20.3 Å². The Labute approximate surface area is 107 Å². The summed E-state index contributed by atoms with van der Waals surface area (Å²) in [6.07, 6.45) is 0.978. The van der Waals surface area contributed by atoms with E-state index in [1.54, 1.807) is 6.07 Å². The van der Waals surface area contributed by atoms with Crippen molar-refractivity contribution in [3.8, 4) is 0 Å². The summed E-state index contributed by atoms with van der Waals surface area (Å²) in [6, 6.07) is 13.2. The van der Waals surface area contributed by atoms with E-state index in [2.05, 4.69) is 6.92 Å². The first-order chi connectivity index (χ1) is 8.61. The fourth-order valence-electron chi connectivity index (χ4n) is 1.84. The van der Waals surface area contributed by atoms with Gasteiger partial charge in [-0.25, -0.2) is 0 Å². The summed E-state index contributed by atoms with van der Waals surface area (Å²) in [4.78, 5) is 12.3. The number of benzene rings is 2. The molecule has 2 nitrogen and oxygen atoms in total. The molecule has 0 aromatic heterocycles. The highest BCUT2D eigenvalue weighted by Gasteiger charge is 2.09. The van der Waals surface area contributed by atoms with Gasteiger partial charge < -0.3 is 5.73 Å². The van der Waals surface area contributed by atoms with Gasteiger partial charge in [0, 0.05) is 16.8 Å². The van der Waals surface area contributed by atoms with Gasteiger partial charge >= 0.3 is 0 Å². The van der Waals surface area contributed by atoms with Crippen LogP contribution in [0.1, 0.15) is 34.0 Å². The van der Waals surface area contributed by atoms with Crippen LogP contribution in [0.2, 0.25) is 0 Å². The van der Waals surface area contributed by atoms with E-state index in [4.69, 9.17) is 5.73 Å². The molecule has 2 heteroatoms. The molecule has 0 unspecified atom stereocenters. The number of rotatable bonds is 3. The first-order valence-electron chi connectivity index (χ1n) is 6.11. The number of nitrogen functional groups attached to an aromatic ring is 1. The van der Waals surface area contributed by atoms with Crippen molar-refractivity contribution in [1.29, 1.82) is 0 Å². The summed E-state index contributed by atoms with van der Waals surface area (Å²) in [5, 5.41) is 0. The summed E-state index contributed by atoms with van der Waals surface area (Å²) < 4.78 is 0. The molecule has 2 aromatic rings. The normalized spacial score (nSPS) is 10.3. The topological polar surface area (TPSA) is 43.1 Å². The lowest BCUT2D eigenvalue weighted by molar-refractivity contribution is 0.103. The maximum atomic E-state index is 12.3. The summed E-state index contributed by atoms with van der Waals surface area (Å²) in [7, 11) is 0. The van der Waals surface area contributed by atoms with Gasteiger partial charge in [0.25, 0.3) is 0 Å². The molecule has 2 N–H and O–H groups in total. The second-order valence-electron chi connectivity index (χ2n) is 4.45. The van der Waals surface area contributed by atoms with Gasteiger partial charge in [-0.3, -0.25) is 4.79 Å². The van der Waals surface area contributed by atoms with Crippen LogP contribution in [0.15, 0.2) is 42.5 Å². The Balaban J connectivity index is 2.32. The Morgan fingerprint density at radius 2 is 1.67 bits per heavy atom. The molecule has 0 fully saturated rings. The molecule has 0 aliphatic heterocycles. The van der Waals surface area contributed by atoms with Crippen LogP contribution in [0, 0.1) is 6.92 Å². The Hall–Kier alpha value is -2.09. The third kappa shape index (κ3) is 2.43. The van der Waals surface area contributed by atoms with Crippen molar-refractivity contribution in [2.75, 3.05) is 5.73 Å². The first kappa shape index (κ1) is 12.4. The lowest BCUT2D eigenvalue weighted by atomic mass is 10.00. The van der Waals surface area contributed by atoms with Crippen molar-refractivity contribution in [2.24, 2.45) is 0 Å². The minimum absolute atomic E-state index is 0.0179. The van der Waals surface area contributed by atoms with Gasteiger partial charge in [0.15, 0.2) is 5.78 Å². The van der Waals surface area contributed by atoms with E-state index in [0.29, 0.717) is 16.8 Å². The number of anilines is 1. The van der Waals surface area contributed by atoms with Gasteiger partial charge in [-0.1, -0.05) is 43.3 Å². The molecular formula is C16H17NO. The average molecular weight is 239 g/mol. The van der Waals surface area contributed by atoms with Crippen LogP contribution in [0.4, 0.5) is 5.69 Å². The van der Waals surface area contributed by atoms with Gasteiger partial charge in [0.1, 0.15) is 0 Å². The van der Waals surface area contributed by atoms with Crippen molar-refractivity contribution >= 4 is 11.5 Å². The van der Waals surface area contributed by atoms with Gasteiger partial charge in [0.05, 0.1) is 0 Å². The van der Waals surface area contributed by atoms with Crippen LogP contribution < -0.4 is 5.73 Å². The zero-order valence-electron chi connectivity index (χ0n) is 10.7. The molecule has 0 saturated carbocycles. The van der Waals surface area contributed by atoms with E-state index in [1.807, 2.05) is 43.3 Å². The zero-order valence-corrected chi connectivity index (χ0v) is 10.7. The van der Waals surface area contributed by atoms with Gasteiger partial charge in [0.2, 0.25) is 0 Å². The van der Waals surface area contributed by atoms with E-state index in [0.717, 1.165) is 12.0 Å².